The third-order valence-corrected chi connectivity index (χ3v) is 6.14. The molecule has 132 valence electrons. The van der Waals surface area contributed by atoms with Gasteiger partial charge in [0.05, 0.1) is 12.0 Å². The number of nitrogens with zero attached hydrogens (tertiary/aromatic N) is 2. The molecule has 6 heteroatoms. The molecule has 3 heterocycles. The number of carbonyl (C=O) groups is 1. The molecular formula is C18H29N5O. The number of piperidine rings is 2. The summed E-state index contributed by atoms with van der Waals surface area (Å²) in [5.41, 5.74) is 2.36. The summed E-state index contributed by atoms with van der Waals surface area (Å²) in [5.74, 6) is 1.62. The van der Waals surface area contributed by atoms with Crippen LogP contribution in [0, 0.1) is 11.8 Å². The van der Waals surface area contributed by atoms with Gasteiger partial charge in [0.15, 0.2) is 0 Å². The first-order chi connectivity index (χ1) is 11.8. The number of rotatable bonds is 2. The van der Waals surface area contributed by atoms with Gasteiger partial charge in [-0.1, -0.05) is 0 Å². The van der Waals surface area contributed by atoms with Crippen LogP contribution in [-0.4, -0.2) is 53.1 Å². The number of urea groups is 1. The number of nitrogens with one attached hydrogen (secondary N) is 3. The molecule has 3 N–H and O–H groups in total. The smallest absolute Gasteiger partial charge is 0.317 e. The van der Waals surface area contributed by atoms with E-state index in [0.717, 1.165) is 57.0 Å². The van der Waals surface area contributed by atoms with Crippen molar-refractivity contribution in [3.8, 4) is 0 Å². The predicted molar refractivity (Wildman–Crippen MR) is 92.8 cm³/mol. The minimum atomic E-state index is 0.128. The molecular weight excluding hydrogens is 302 g/mol. The topological polar surface area (TPSA) is 73.0 Å². The molecule has 2 amide bonds. The van der Waals surface area contributed by atoms with Gasteiger partial charge in [-0.3, -0.25) is 0 Å². The Morgan fingerprint density at radius 1 is 1.21 bits per heavy atom. The van der Waals surface area contributed by atoms with E-state index >= 15 is 0 Å². The van der Waals surface area contributed by atoms with Crippen LogP contribution in [0.25, 0.3) is 0 Å². The lowest BCUT2D eigenvalue weighted by Gasteiger charge is -2.38. The fourth-order valence-electron chi connectivity index (χ4n) is 4.65. The van der Waals surface area contributed by atoms with E-state index in [0.29, 0.717) is 0 Å². The van der Waals surface area contributed by atoms with Gasteiger partial charge >= 0.3 is 6.03 Å². The Bertz CT molecular complexity index is 558. The summed E-state index contributed by atoms with van der Waals surface area (Å²) < 4.78 is 0. The van der Waals surface area contributed by atoms with Crippen molar-refractivity contribution in [1.29, 1.82) is 0 Å². The molecule has 4 rings (SSSR count). The van der Waals surface area contributed by atoms with Crippen LogP contribution >= 0.6 is 0 Å². The Labute approximate surface area is 143 Å². The summed E-state index contributed by atoms with van der Waals surface area (Å²) in [4.78, 5) is 22.1. The molecule has 2 atom stereocenters. The largest absolute Gasteiger partial charge is 0.348 e. The third-order valence-electron chi connectivity index (χ3n) is 6.14. The number of aryl methyl sites for hydroxylation is 1. The molecule has 0 spiro atoms. The van der Waals surface area contributed by atoms with Crippen LogP contribution in [-0.2, 0) is 12.8 Å². The predicted octanol–water partition coefficient (Wildman–Crippen LogP) is 1.69. The third kappa shape index (κ3) is 3.43. The van der Waals surface area contributed by atoms with Crippen LogP contribution < -0.4 is 10.6 Å². The number of imidazole rings is 1. The Morgan fingerprint density at radius 2 is 2.08 bits per heavy atom. The molecule has 24 heavy (non-hydrogen) atoms. The first kappa shape index (κ1) is 15.9. The van der Waals surface area contributed by atoms with Crippen LogP contribution in [0.2, 0.25) is 0 Å². The standard InChI is InChI=1S/C18H29N5O/c24-18(22-15-3-4-16-17(10-15)21-12-20-16)23-8-5-13(6-9-23)14-2-1-7-19-11-14/h12-15,19H,1-11H2,(H,20,21)(H,22,24). The number of likely N-dealkylation sites (tertiary alicyclic amines) is 1. The SMILES string of the molecule is O=C(NC1CCc2nc[nH]c2C1)N1CCC(C2CCCNC2)CC1. The molecule has 2 fully saturated rings. The number of H-pyrrole nitrogens is 1. The molecule has 3 aliphatic rings. The van der Waals surface area contributed by atoms with Crippen molar-refractivity contribution in [2.24, 2.45) is 11.8 Å². The summed E-state index contributed by atoms with van der Waals surface area (Å²) in [7, 11) is 0. The number of hydrogen-bond acceptors (Lipinski definition) is 3. The van der Waals surface area contributed by atoms with E-state index in [-0.39, 0.29) is 12.1 Å². The normalized spacial score (nSPS) is 28.4. The highest BCUT2D eigenvalue weighted by molar-refractivity contribution is 5.74. The van der Waals surface area contributed by atoms with Crippen molar-refractivity contribution in [2.75, 3.05) is 26.2 Å². The number of carbonyl (C=O) groups excluding carboxylic acids is 1. The van der Waals surface area contributed by atoms with Gasteiger partial charge in [0.2, 0.25) is 0 Å². The summed E-state index contributed by atoms with van der Waals surface area (Å²) >= 11 is 0. The molecule has 0 bridgehead atoms. The van der Waals surface area contributed by atoms with Crippen molar-refractivity contribution >= 4 is 6.03 Å². The second-order valence-corrected chi connectivity index (χ2v) is 7.65. The maximum atomic E-state index is 12.6. The molecule has 1 aromatic heterocycles. The number of hydrogen-bond donors (Lipinski definition) is 3. The zero-order valence-corrected chi connectivity index (χ0v) is 14.4. The molecule has 0 aromatic carbocycles. The highest BCUT2D eigenvalue weighted by Gasteiger charge is 2.30. The van der Waals surface area contributed by atoms with Gasteiger partial charge < -0.3 is 20.5 Å². The van der Waals surface area contributed by atoms with E-state index < -0.39 is 0 Å². The summed E-state index contributed by atoms with van der Waals surface area (Å²) in [6.45, 7) is 4.17. The van der Waals surface area contributed by atoms with Gasteiger partial charge in [0.25, 0.3) is 0 Å². The summed E-state index contributed by atoms with van der Waals surface area (Å²) in [5, 5.41) is 6.77. The number of aromatic nitrogens is 2. The molecule has 1 aliphatic carbocycles. The van der Waals surface area contributed by atoms with Crippen molar-refractivity contribution in [3.05, 3.63) is 17.7 Å². The minimum Gasteiger partial charge on any atom is -0.348 e. The fraction of sp³-hybridized carbons (Fsp3) is 0.778. The Balaban J connectivity index is 1.24. The molecule has 0 radical (unpaired) electrons. The minimum absolute atomic E-state index is 0.128. The number of aromatic amines is 1. The quantitative estimate of drug-likeness (QED) is 0.772. The van der Waals surface area contributed by atoms with Crippen LogP contribution in [0.3, 0.4) is 0 Å². The molecule has 2 unspecified atom stereocenters. The first-order valence-electron chi connectivity index (χ1n) is 9.57. The number of amides is 2. The Hall–Kier alpha value is -1.56. The van der Waals surface area contributed by atoms with Crippen LogP contribution in [0.4, 0.5) is 4.79 Å². The van der Waals surface area contributed by atoms with Crippen molar-refractivity contribution in [3.63, 3.8) is 0 Å². The average molecular weight is 331 g/mol. The van der Waals surface area contributed by atoms with Gasteiger partial charge in [-0.2, -0.15) is 0 Å². The van der Waals surface area contributed by atoms with Crippen LogP contribution in [0.1, 0.15) is 43.5 Å². The van der Waals surface area contributed by atoms with Crippen LogP contribution in [0.15, 0.2) is 6.33 Å². The lowest BCUT2D eigenvalue weighted by atomic mass is 9.80. The maximum absolute atomic E-state index is 12.6. The molecule has 2 aliphatic heterocycles. The van der Waals surface area contributed by atoms with Gasteiger partial charge in [0, 0.05) is 31.2 Å². The molecule has 2 saturated heterocycles. The first-order valence-corrected chi connectivity index (χ1v) is 9.57. The Kier molecular flexibility index (Phi) is 4.74. The van der Waals surface area contributed by atoms with Crippen molar-refractivity contribution in [2.45, 2.75) is 51.0 Å². The van der Waals surface area contributed by atoms with Gasteiger partial charge in [-0.05, 0) is 63.5 Å². The lowest BCUT2D eigenvalue weighted by molar-refractivity contribution is 0.136. The monoisotopic (exact) mass is 331 g/mol. The van der Waals surface area contributed by atoms with Gasteiger partial charge in [-0.25, -0.2) is 9.78 Å². The van der Waals surface area contributed by atoms with E-state index in [4.69, 9.17) is 0 Å². The van der Waals surface area contributed by atoms with E-state index in [2.05, 4.69) is 20.6 Å². The zero-order chi connectivity index (χ0) is 16.4. The molecule has 0 saturated carbocycles. The van der Waals surface area contributed by atoms with Crippen LogP contribution in [0.5, 0.6) is 0 Å². The summed E-state index contributed by atoms with van der Waals surface area (Å²) in [6.07, 6.45) is 9.59. The molecule has 6 nitrogen and oxygen atoms in total. The zero-order valence-electron chi connectivity index (χ0n) is 14.4. The Morgan fingerprint density at radius 3 is 2.88 bits per heavy atom. The average Bonchev–Trinajstić information content (AvgIpc) is 3.10. The van der Waals surface area contributed by atoms with E-state index in [1.165, 1.54) is 37.3 Å². The van der Waals surface area contributed by atoms with E-state index in [1.807, 2.05) is 4.90 Å². The lowest BCUT2D eigenvalue weighted by Crippen LogP contribution is -2.50. The van der Waals surface area contributed by atoms with Crippen molar-refractivity contribution in [1.82, 2.24) is 25.5 Å². The highest BCUT2D eigenvalue weighted by Crippen LogP contribution is 2.29. The van der Waals surface area contributed by atoms with Crippen molar-refractivity contribution < 1.29 is 4.79 Å². The van der Waals surface area contributed by atoms with E-state index in [1.54, 1.807) is 6.33 Å². The maximum Gasteiger partial charge on any atom is 0.317 e. The van der Waals surface area contributed by atoms with Gasteiger partial charge in [0.1, 0.15) is 0 Å². The molecule has 1 aromatic rings. The second kappa shape index (κ2) is 7.13. The highest BCUT2D eigenvalue weighted by atomic mass is 16.2. The number of fused-ring (bicyclic) bond motifs is 1. The summed E-state index contributed by atoms with van der Waals surface area (Å²) in [6, 6.07) is 0.369. The van der Waals surface area contributed by atoms with Gasteiger partial charge in [-0.15, -0.1) is 0 Å². The second-order valence-electron chi connectivity index (χ2n) is 7.65. The van der Waals surface area contributed by atoms with E-state index in [9.17, 15) is 4.79 Å². The fourth-order valence-corrected chi connectivity index (χ4v) is 4.65.